The Morgan fingerprint density at radius 3 is 2.62 bits per heavy atom. The summed E-state index contributed by atoms with van der Waals surface area (Å²) >= 11 is 0. The lowest BCUT2D eigenvalue weighted by atomic mass is 10.1. The first-order valence-electron chi connectivity index (χ1n) is 8.36. The molecule has 3 aromatic rings. The molecular weight excluding hydrogens is 332 g/mol. The number of rotatable bonds is 8. The molecule has 3 rings (SSSR count). The normalized spacial score (nSPS) is 11.8. The highest BCUT2D eigenvalue weighted by atomic mass is 16.5. The predicted molar refractivity (Wildman–Crippen MR) is 97.4 cm³/mol. The smallest absolute Gasteiger partial charge is 0.172 e. The highest BCUT2D eigenvalue weighted by Gasteiger charge is 2.17. The van der Waals surface area contributed by atoms with Crippen LogP contribution < -0.4 is 19.9 Å². The summed E-state index contributed by atoms with van der Waals surface area (Å²) in [5.74, 6) is 3.17. The fraction of sp³-hybridized carbons (Fsp3) is 0.263. The maximum Gasteiger partial charge on any atom is 0.172 e. The van der Waals surface area contributed by atoms with Gasteiger partial charge in [0.15, 0.2) is 23.1 Å². The summed E-state index contributed by atoms with van der Waals surface area (Å²) in [6.07, 6.45) is 0. The van der Waals surface area contributed by atoms with Crippen LogP contribution in [0.3, 0.4) is 0 Å². The molecule has 0 spiro atoms. The zero-order chi connectivity index (χ0) is 18.4. The molecular formula is C19H22N4O3. The number of aromatic nitrogens is 3. The Kier molecular flexibility index (Phi) is 5.70. The van der Waals surface area contributed by atoms with Crippen molar-refractivity contribution in [3.8, 4) is 17.2 Å². The molecule has 0 saturated heterocycles. The summed E-state index contributed by atoms with van der Waals surface area (Å²) in [5, 5.41) is 7.07. The summed E-state index contributed by atoms with van der Waals surface area (Å²) in [6, 6.07) is 14.6. The molecule has 1 heterocycles. The van der Waals surface area contributed by atoms with Crippen molar-refractivity contribution in [1.82, 2.24) is 15.2 Å². The molecule has 7 heteroatoms. The van der Waals surface area contributed by atoms with E-state index in [2.05, 4.69) is 15.2 Å². The second kappa shape index (κ2) is 8.35. The number of nitrogens with one attached hydrogen (secondary N) is 1. The molecule has 0 unspecified atom stereocenters. The van der Waals surface area contributed by atoms with Crippen LogP contribution >= 0.6 is 0 Å². The first-order valence-corrected chi connectivity index (χ1v) is 8.36. The number of aromatic amines is 1. The number of methoxy groups -OCH3 is 1. The molecule has 0 fully saturated rings. The molecule has 0 bridgehead atoms. The number of hydrogen-bond donors (Lipinski definition) is 2. The van der Waals surface area contributed by atoms with Crippen LogP contribution in [0.4, 0.5) is 0 Å². The van der Waals surface area contributed by atoms with Crippen molar-refractivity contribution in [2.24, 2.45) is 5.73 Å². The highest BCUT2D eigenvalue weighted by Crippen LogP contribution is 2.31. The number of hydrogen-bond acceptors (Lipinski definition) is 6. The molecule has 0 aliphatic carbocycles. The van der Waals surface area contributed by atoms with E-state index in [1.807, 2.05) is 55.5 Å². The third-order valence-electron chi connectivity index (χ3n) is 3.79. The van der Waals surface area contributed by atoms with Crippen molar-refractivity contribution in [1.29, 1.82) is 0 Å². The van der Waals surface area contributed by atoms with Crippen LogP contribution in [0.25, 0.3) is 0 Å². The lowest BCUT2D eigenvalue weighted by Crippen LogP contribution is -2.14. The Labute approximate surface area is 152 Å². The molecule has 3 N–H and O–H groups in total. The standard InChI is InChI=1S/C19H22N4O3/c1-3-25-15-10-9-13(11-16(15)24-2)18(20)19-21-17(22-23-19)12-26-14-7-5-4-6-8-14/h4-11,18H,3,12,20H2,1-2H3,(H,21,22,23)/t18-/m1/s1. The van der Waals surface area contributed by atoms with Crippen molar-refractivity contribution in [2.45, 2.75) is 19.6 Å². The first kappa shape index (κ1) is 17.8. The quantitative estimate of drug-likeness (QED) is 0.646. The van der Waals surface area contributed by atoms with Crippen LogP contribution in [0.2, 0.25) is 0 Å². The molecule has 0 amide bonds. The van der Waals surface area contributed by atoms with Crippen LogP contribution in [0.1, 0.15) is 30.2 Å². The predicted octanol–water partition coefficient (Wildman–Crippen LogP) is 2.84. The minimum Gasteiger partial charge on any atom is -0.493 e. The van der Waals surface area contributed by atoms with E-state index < -0.39 is 6.04 Å². The number of para-hydroxylation sites is 1. The Hall–Kier alpha value is -3.06. The molecule has 0 saturated carbocycles. The van der Waals surface area contributed by atoms with E-state index in [4.69, 9.17) is 19.9 Å². The van der Waals surface area contributed by atoms with E-state index in [-0.39, 0.29) is 6.61 Å². The molecule has 1 aromatic heterocycles. The Balaban J connectivity index is 1.70. The fourth-order valence-electron chi connectivity index (χ4n) is 2.48. The monoisotopic (exact) mass is 354 g/mol. The van der Waals surface area contributed by atoms with Crippen molar-refractivity contribution in [3.63, 3.8) is 0 Å². The van der Waals surface area contributed by atoms with E-state index in [9.17, 15) is 0 Å². The van der Waals surface area contributed by atoms with Crippen LogP contribution in [0.15, 0.2) is 48.5 Å². The van der Waals surface area contributed by atoms with Gasteiger partial charge in [0.25, 0.3) is 0 Å². The van der Waals surface area contributed by atoms with Gasteiger partial charge < -0.3 is 19.9 Å². The van der Waals surface area contributed by atoms with Gasteiger partial charge in [-0.2, -0.15) is 5.10 Å². The molecule has 7 nitrogen and oxygen atoms in total. The summed E-state index contributed by atoms with van der Waals surface area (Å²) in [4.78, 5) is 4.43. The lowest BCUT2D eigenvalue weighted by molar-refractivity contribution is 0.296. The van der Waals surface area contributed by atoms with Crippen molar-refractivity contribution in [2.75, 3.05) is 13.7 Å². The average molecular weight is 354 g/mol. The van der Waals surface area contributed by atoms with Gasteiger partial charge in [0.1, 0.15) is 12.4 Å². The van der Waals surface area contributed by atoms with E-state index >= 15 is 0 Å². The molecule has 136 valence electrons. The Morgan fingerprint density at radius 1 is 1.08 bits per heavy atom. The van der Waals surface area contributed by atoms with Gasteiger partial charge in [0.2, 0.25) is 0 Å². The second-order valence-electron chi connectivity index (χ2n) is 5.56. The van der Waals surface area contributed by atoms with Gasteiger partial charge in [-0.15, -0.1) is 0 Å². The van der Waals surface area contributed by atoms with Crippen molar-refractivity contribution in [3.05, 3.63) is 65.7 Å². The van der Waals surface area contributed by atoms with E-state index in [0.717, 1.165) is 11.3 Å². The van der Waals surface area contributed by atoms with Crippen LogP contribution in [0.5, 0.6) is 17.2 Å². The number of nitrogens with two attached hydrogens (primary N) is 1. The van der Waals surface area contributed by atoms with Crippen molar-refractivity contribution < 1.29 is 14.2 Å². The molecule has 1 atom stereocenters. The maximum absolute atomic E-state index is 6.30. The highest BCUT2D eigenvalue weighted by molar-refractivity contribution is 5.44. The Morgan fingerprint density at radius 2 is 1.88 bits per heavy atom. The molecule has 0 aliphatic rings. The average Bonchev–Trinajstić information content (AvgIpc) is 3.16. The van der Waals surface area contributed by atoms with Crippen LogP contribution in [-0.2, 0) is 6.61 Å². The largest absolute Gasteiger partial charge is 0.493 e. The molecule has 0 aliphatic heterocycles. The van der Waals surface area contributed by atoms with Gasteiger partial charge in [-0.1, -0.05) is 24.3 Å². The van der Waals surface area contributed by atoms with Gasteiger partial charge in [0, 0.05) is 0 Å². The van der Waals surface area contributed by atoms with E-state index in [1.165, 1.54) is 0 Å². The van der Waals surface area contributed by atoms with Crippen molar-refractivity contribution >= 4 is 0 Å². The zero-order valence-electron chi connectivity index (χ0n) is 14.8. The van der Waals surface area contributed by atoms with E-state index in [0.29, 0.717) is 29.8 Å². The van der Waals surface area contributed by atoms with Gasteiger partial charge >= 0.3 is 0 Å². The second-order valence-corrected chi connectivity index (χ2v) is 5.56. The van der Waals surface area contributed by atoms with Crippen LogP contribution in [-0.4, -0.2) is 28.9 Å². The Bertz CT molecular complexity index is 836. The van der Waals surface area contributed by atoms with Gasteiger partial charge in [-0.05, 0) is 36.8 Å². The fourth-order valence-corrected chi connectivity index (χ4v) is 2.48. The maximum atomic E-state index is 6.30. The van der Waals surface area contributed by atoms with Crippen LogP contribution in [0, 0.1) is 0 Å². The SMILES string of the molecule is CCOc1ccc([C@@H](N)c2n[nH]c(COc3ccccc3)n2)cc1OC. The molecule has 2 aromatic carbocycles. The van der Waals surface area contributed by atoms with Gasteiger partial charge in [-0.3, -0.25) is 5.10 Å². The minimum absolute atomic E-state index is 0.288. The summed E-state index contributed by atoms with van der Waals surface area (Å²) < 4.78 is 16.6. The summed E-state index contributed by atoms with van der Waals surface area (Å²) in [7, 11) is 1.60. The number of H-pyrrole nitrogens is 1. The summed E-state index contributed by atoms with van der Waals surface area (Å²) in [5.41, 5.74) is 7.14. The third kappa shape index (κ3) is 4.12. The topological polar surface area (TPSA) is 95.3 Å². The first-order chi connectivity index (χ1) is 12.7. The number of ether oxygens (including phenoxy) is 3. The molecule has 26 heavy (non-hydrogen) atoms. The van der Waals surface area contributed by atoms with Gasteiger partial charge in [-0.25, -0.2) is 4.98 Å². The zero-order valence-corrected chi connectivity index (χ0v) is 14.8. The minimum atomic E-state index is -0.485. The summed E-state index contributed by atoms with van der Waals surface area (Å²) in [6.45, 7) is 2.77. The lowest BCUT2D eigenvalue weighted by Gasteiger charge is -2.13. The van der Waals surface area contributed by atoms with E-state index in [1.54, 1.807) is 7.11 Å². The third-order valence-corrected chi connectivity index (χ3v) is 3.79. The molecule has 0 radical (unpaired) electrons. The number of benzene rings is 2. The van der Waals surface area contributed by atoms with Gasteiger partial charge in [0.05, 0.1) is 19.8 Å². The number of nitrogens with zero attached hydrogens (tertiary/aromatic N) is 2.